The summed E-state index contributed by atoms with van der Waals surface area (Å²) in [4.78, 5) is 22.9. The molecule has 1 aromatic rings. The number of hydrogen-bond acceptors (Lipinski definition) is 2. The highest BCUT2D eigenvalue weighted by atomic mass is 16.2. The van der Waals surface area contributed by atoms with E-state index in [2.05, 4.69) is 17.2 Å². The first kappa shape index (κ1) is 11.4. The van der Waals surface area contributed by atoms with Crippen molar-refractivity contribution in [1.82, 2.24) is 5.32 Å². The van der Waals surface area contributed by atoms with Crippen LogP contribution in [0.25, 0.3) is 0 Å². The fourth-order valence-electron chi connectivity index (χ4n) is 1.70. The molecule has 17 heavy (non-hydrogen) atoms. The molecule has 88 valence electrons. The SMILES string of the molecule is C=C(C)CNC(=O)c1ccc2c(c1)CC(=O)N2. The Morgan fingerprint density at radius 3 is 3.00 bits per heavy atom. The molecule has 4 heteroatoms. The number of carbonyl (C=O) groups is 2. The smallest absolute Gasteiger partial charge is 0.251 e. The Bertz CT molecular complexity index is 506. The van der Waals surface area contributed by atoms with Gasteiger partial charge < -0.3 is 10.6 Å². The van der Waals surface area contributed by atoms with Crippen LogP contribution in [0.1, 0.15) is 22.8 Å². The fourth-order valence-corrected chi connectivity index (χ4v) is 1.70. The van der Waals surface area contributed by atoms with E-state index in [-0.39, 0.29) is 11.8 Å². The molecular weight excluding hydrogens is 216 g/mol. The second-order valence-electron chi connectivity index (χ2n) is 4.24. The average Bonchev–Trinajstić information content (AvgIpc) is 2.64. The molecule has 2 rings (SSSR count). The largest absolute Gasteiger partial charge is 0.348 e. The van der Waals surface area contributed by atoms with Crippen LogP contribution in [0.15, 0.2) is 30.4 Å². The van der Waals surface area contributed by atoms with Crippen molar-refractivity contribution in [1.29, 1.82) is 0 Å². The van der Waals surface area contributed by atoms with Gasteiger partial charge in [-0.3, -0.25) is 9.59 Å². The molecule has 1 heterocycles. The van der Waals surface area contributed by atoms with E-state index in [0.29, 0.717) is 18.5 Å². The molecule has 0 bridgehead atoms. The van der Waals surface area contributed by atoms with Crippen molar-refractivity contribution in [2.75, 3.05) is 11.9 Å². The maximum absolute atomic E-state index is 11.8. The molecule has 1 aliphatic heterocycles. The van der Waals surface area contributed by atoms with Gasteiger partial charge in [0.2, 0.25) is 5.91 Å². The molecule has 2 N–H and O–H groups in total. The molecule has 1 aliphatic rings. The van der Waals surface area contributed by atoms with Crippen molar-refractivity contribution < 1.29 is 9.59 Å². The summed E-state index contributed by atoms with van der Waals surface area (Å²) in [5.74, 6) is -0.172. The van der Waals surface area contributed by atoms with E-state index >= 15 is 0 Å². The molecule has 0 fully saturated rings. The third-order valence-electron chi connectivity index (χ3n) is 2.54. The topological polar surface area (TPSA) is 58.2 Å². The quantitative estimate of drug-likeness (QED) is 0.773. The summed E-state index contributed by atoms with van der Waals surface area (Å²) < 4.78 is 0. The summed E-state index contributed by atoms with van der Waals surface area (Å²) >= 11 is 0. The number of anilines is 1. The Hall–Kier alpha value is -2.10. The number of nitrogens with one attached hydrogen (secondary N) is 2. The van der Waals surface area contributed by atoms with Crippen LogP contribution in [0.5, 0.6) is 0 Å². The molecule has 1 aromatic carbocycles. The minimum absolute atomic E-state index is 0.0282. The Kier molecular flexibility index (Phi) is 2.95. The molecule has 0 spiro atoms. The third kappa shape index (κ3) is 2.53. The first-order valence-electron chi connectivity index (χ1n) is 5.41. The Balaban J connectivity index is 2.13. The highest BCUT2D eigenvalue weighted by molar-refractivity contribution is 6.01. The van der Waals surface area contributed by atoms with Gasteiger partial charge in [0, 0.05) is 17.8 Å². The van der Waals surface area contributed by atoms with Gasteiger partial charge in [-0.2, -0.15) is 0 Å². The summed E-state index contributed by atoms with van der Waals surface area (Å²) in [6.45, 7) is 6.04. The standard InChI is InChI=1S/C13H14N2O2/c1-8(2)7-14-13(17)9-3-4-11-10(5-9)6-12(16)15-11/h3-5H,1,6-7H2,2H3,(H,14,17)(H,15,16). The zero-order valence-corrected chi connectivity index (χ0v) is 9.67. The van der Waals surface area contributed by atoms with E-state index in [4.69, 9.17) is 0 Å². The summed E-state index contributed by atoms with van der Waals surface area (Å²) in [6.07, 6.45) is 0.344. The van der Waals surface area contributed by atoms with Crippen LogP contribution < -0.4 is 10.6 Å². The molecule has 0 aliphatic carbocycles. The summed E-state index contributed by atoms with van der Waals surface area (Å²) in [7, 11) is 0. The van der Waals surface area contributed by atoms with Gasteiger partial charge in [-0.1, -0.05) is 12.2 Å². The van der Waals surface area contributed by atoms with E-state index in [0.717, 1.165) is 16.8 Å². The van der Waals surface area contributed by atoms with E-state index in [1.807, 2.05) is 6.92 Å². The molecule has 0 unspecified atom stereocenters. The van der Waals surface area contributed by atoms with Crippen molar-refractivity contribution in [3.05, 3.63) is 41.5 Å². The van der Waals surface area contributed by atoms with Gasteiger partial charge in [-0.25, -0.2) is 0 Å². The van der Waals surface area contributed by atoms with Gasteiger partial charge in [0.15, 0.2) is 0 Å². The first-order chi connectivity index (χ1) is 8.06. The van der Waals surface area contributed by atoms with Crippen molar-refractivity contribution in [3.63, 3.8) is 0 Å². The van der Waals surface area contributed by atoms with Crippen LogP contribution in [0.2, 0.25) is 0 Å². The number of hydrogen-bond donors (Lipinski definition) is 2. The van der Waals surface area contributed by atoms with Crippen molar-refractivity contribution in [3.8, 4) is 0 Å². The van der Waals surface area contributed by atoms with Crippen molar-refractivity contribution >= 4 is 17.5 Å². The van der Waals surface area contributed by atoms with Crippen LogP contribution in [0, 0.1) is 0 Å². The number of benzene rings is 1. The van der Waals surface area contributed by atoms with Gasteiger partial charge >= 0.3 is 0 Å². The van der Waals surface area contributed by atoms with E-state index in [1.54, 1.807) is 18.2 Å². The fraction of sp³-hybridized carbons (Fsp3) is 0.231. The molecule has 0 aromatic heterocycles. The lowest BCUT2D eigenvalue weighted by Crippen LogP contribution is -2.24. The minimum Gasteiger partial charge on any atom is -0.348 e. The van der Waals surface area contributed by atoms with Crippen LogP contribution in [-0.2, 0) is 11.2 Å². The summed E-state index contributed by atoms with van der Waals surface area (Å²) in [5, 5.41) is 5.49. The normalized spacial score (nSPS) is 12.9. The minimum atomic E-state index is -0.143. The second kappa shape index (κ2) is 4.41. The summed E-state index contributed by atoms with van der Waals surface area (Å²) in [6, 6.07) is 5.22. The third-order valence-corrected chi connectivity index (χ3v) is 2.54. The predicted octanol–water partition coefficient (Wildman–Crippen LogP) is 1.49. The van der Waals surface area contributed by atoms with Crippen molar-refractivity contribution in [2.24, 2.45) is 0 Å². The number of rotatable bonds is 3. The maximum atomic E-state index is 11.8. The average molecular weight is 230 g/mol. The lowest BCUT2D eigenvalue weighted by atomic mass is 10.1. The number of fused-ring (bicyclic) bond motifs is 1. The molecule has 0 atom stereocenters. The Morgan fingerprint density at radius 1 is 1.53 bits per heavy atom. The Labute approximate surface area is 99.7 Å². The first-order valence-corrected chi connectivity index (χ1v) is 5.41. The van der Waals surface area contributed by atoms with Crippen LogP contribution >= 0.6 is 0 Å². The highest BCUT2D eigenvalue weighted by Gasteiger charge is 2.18. The van der Waals surface area contributed by atoms with Gasteiger partial charge in [0.1, 0.15) is 0 Å². The predicted molar refractivity (Wildman–Crippen MR) is 65.9 cm³/mol. The van der Waals surface area contributed by atoms with Gasteiger partial charge in [-0.15, -0.1) is 0 Å². The lowest BCUT2D eigenvalue weighted by molar-refractivity contribution is -0.115. The molecule has 0 radical (unpaired) electrons. The van der Waals surface area contributed by atoms with Gasteiger partial charge in [0.05, 0.1) is 6.42 Å². The monoisotopic (exact) mass is 230 g/mol. The number of amides is 2. The van der Waals surface area contributed by atoms with Crippen molar-refractivity contribution in [2.45, 2.75) is 13.3 Å². The molecule has 0 saturated carbocycles. The highest BCUT2D eigenvalue weighted by Crippen LogP contribution is 2.23. The van der Waals surface area contributed by atoms with Crippen LogP contribution in [0.4, 0.5) is 5.69 Å². The molecule has 4 nitrogen and oxygen atoms in total. The maximum Gasteiger partial charge on any atom is 0.251 e. The van der Waals surface area contributed by atoms with Crippen LogP contribution in [-0.4, -0.2) is 18.4 Å². The van der Waals surface area contributed by atoms with Gasteiger partial charge in [0.25, 0.3) is 5.91 Å². The van der Waals surface area contributed by atoms with E-state index in [1.165, 1.54) is 0 Å². The lowest BCUT2D eigenvalue weighted by Gasteiger charge is -2.06. The summed E-state index contributed by atoms with van der Waals surface area (Å²) in [5.41, 5.74) is 3.14. The molecular formula is C13H14N2O2. The second-order valence-corrected chi connectivity index (χ2v) is 4.24. The van der Waals surface area contributed by atoms with E-state index in [9.17, 15) is 9.59 Å². The van der Waals surface area contributed by atoms with E-state index < -0.39 is 0 Å². The molecule has 0 saturated heterocycles. The Morgan fingerprint density at radius 2 is 2.29 bits per heavy atom. The van der Waals surface area contributed by atoms with Gasteiger partial charge in [-0.05, 0) is 30.7 Å². The zero-order chi connectivity index (χ0) is 12.4. The number of carbonyl (C=O) groups excluding carboxylic acids is 2. The zero-order valence-electron chi connectivity index (χ0n) is 9.67. The van der Waals surface area contributed by atoms with Crippen LogP contribution in [0.3, 0.4) is 0 Å². The molecule has 2 amide bonds.